The Hall–Kier alpha value is -4.74. The van der Waals surface area contributed by atoms with E-state index in [1.165, 1.54) is 18.2 Å². The number of imide groups is 1. The monoisotopic (exact) mass is 566 g/mol. The van der Waals surface area contributed by atoms with E-state index in [1.807, 2.05) is 48.5 Å². The van der Waals surface area contributed by atoms with Crippen LogP contribution in [0.4, 0.5) is 11.4 Å². The lowest BCUT2D eigenvalue weighted by Crippen LogP contribution is -2.54. The molecular weight excluding hydrogens is 540 g/mol. The summed E-state index contributed by atoms with van der Waals surface area (Å²) in [6, 6.07) is 20.9. The normalized spacial score (nSPS) is 26.7. The number of para-hydroxylation sites is 2. The number of carbonyl (C=O) groups excluding carboxylic acids is 3. The molecule has 3 aliphatic carbocycles. The van der Waals surface area contributed by atoms with Gasteiger partial charge in [-0.1, -0.05) is 60.7 Å². The Bertz CT molecular complexity index is 1650. The molecule has 212 valence electrons. The van der Waals surface area contributed by atoms with Gasteiger partial charge >= 0.3 is 0 Å². The smallest absolute Gasteiger partial charge is 0.293 e. The van der Waals surface area contributed by atoms with Crippen LogP contribution in [-0.4, -0.2) is 47.9 Å². The second-order valence-corrected chi connectivity index (χ2v) is 11.1. The summed E-state index contributed by atoms with van der Waals surface area (Å²) >= 11 is 0. The maximum atomic E-state index is 14.4. The van der Waals surface area contributed by atoms with Crippen molar-refractivity contribution in [2.75, 3.05) is 18.1 Å². The third-order valence-corrected chi connectivity index (χ3v) is 8.84. The first-order chi connectivity index (χ1) is 20.3. The number of nitrogens with zero attached hydrogens (tertiary/aromatic N) is 3. The quantitative estimate of drug-likeness (QED) is 0.209. The molecule has 0 radical (unpaired) electrons. The lowest BCUT2D eigenvalue weighted by Gasteiger charge is -2.52. The van der Waals surface area contributed by atoms with E-state index in [0.717, 1.165) is 27.2 Å². The van der Waals surface area contributed by atoms with Crippen molar-refractivity contribution in [2.45, 2.75) is 30.5 Å². The van der Waals surface area contributed by atoms with Crippen LogP contribution in [0.25, 0.3) is 0 Å². The summed E-state index contributed by atoms with van der Waals surface area (Å²) in [4.78, 5) is 53.7. The van der Waals surface area contributed by atoms with Gasteiger partial charge in [0, 0.05) is 18.2 Å². The Balaban J connectivity index is 1.37. The van der Waals surface area contributed by atoms with Gasteiger partial charge < -0.3 is 9.47 Å². The summed E-state index contributed by atoms with van der Waals surface area (Å²) < 4.78 is 11.1. The van der Waals surface area contributed by atoms with Crippen LogP contribution in [0.1, 0.15) is 41.5 Å². The van der Waals surface area contributed by atoms with E-state index in [4.69, 9.17) is 9.47 Å². The lowest BCUT2D eigenvalue weighted by molar-refractivity contribution is -0.384. The first-order valence-corrected chi connectivity index (χ1v) is 13.7. The fourth-order valence-corrected chi connectivity index (χ4v) is 7.29. The number of hydrazone groups is 1. The van der Waals surface area contributed by atoms with Gasteiger partial charge in [0.2, 0.25) is 17.7 Å². The highest BCUT2D eigenvalue weighted by Gasteiger charge is 2.68. The molecule has 5 aliphatic rings. The zero-order valence-electron chi connectivity index (χ0n) is 22.6. The predicted octanol–water partition coefficient (Wildman–Crippen LogP) is 3.40. The summed E-state index contributed by atoms with van der Waals surface area (Å²) in [6.45, 7) is 2.46. The summed E-state index contributed by atoms with van der Waals surface area (Å²) in [5.74, 6) is -4.75. The fourth-order valence-electron chi connectivity index (χ4n) is 7.29. The van der Waals surface area contributed by atoms with Gasteiger partial charge in [0.25, 0.3) is 5.69 Å². The molecule has 2 fully saturated rings. The molecule has 0 spiro atoms. The minimum absolute atomic E-state index is 0.0652. The first-order valence-electron chi connectivity index (χ1n) is 13.7. The largest absolute Gasteiger partial charge is 0.347 e. The van der Waals surface area contributed by atoms with Crippen molar-refractivity contribution in [3.05, 3.63) is 105 Å². The van der Waals surface area contributed by atoms with Crippen molar-refractivity contribution in [3.8, 4) is 0 Å². The van der Waals surface area contributed by atoms with Crippen LogP contribution in [0.15, 0.2) is 77.9 Å². The van der Waals surface area contributed by atoms with Gasteiger partial charge in [0.15, 0.2) is 5.79 Å². The van der Waals surface area contributed by atoms with E-state index in [-0.39, 0.29) is 17.8 Å². The van der Waals surface area contributed by atoms with Gasteiger partial charge in [-0.15, -0.1) is 0 Å². The van der Waals surface area contributed by atoms with Crippen molar-refractivity contribution < 1.29 is 28.8 Å². The molecular formula is C31H26N4O7. The number of hydrogen-bond donors (Lipinski definition) is 1. The second kappa shape index (κ2) is 9.40. The predicted molar refractivity (Wildman–Crippen MR) is 150 cm³/mol. The summed E-state index contributed by atoms with van der Waals surface area (Å²) in [5, 5.41) is 16.3. The Labute approximate surface area is 240 Å². The second-order valence-electron chi connectivity index (χ2n) is 11.1. The summed E-state index contributed by atoms with van der Waals surface area (Å²) in [6.07, 6.45) is 1.46. The van der Waals surface area contributed by atoms with E-state index in [2.05, 4.69) is 10.5 Å². The number of hydrogen-bond acceptors (Lipinski definition) is 8. The number of ether oxygens (including phenoxy) is 2. The van der Waals surface area contributed by atoms with Gasteiger partial charge in [-0.2, -0.15) is 5.10 Å². The standard InChI is InChI=1S/C31H26N4O7/c1-30(41-14-15-42-30)16-24(36)33-32-17-31-20-10-4-2-8-18(20)25(19-9-3-5-11-21(19)31)26-27(31)29(38)34(28(26)37)22-12-6-7-13-23(22)35(39)40/h2-13,17,25-27H,14-16H2,1H3,(H,33,36)/b32-17-/t25?,26-,27+,31?/m1/s1. The SMILES string of the molecule is CC1(CC(=O)N/N=C\C23c4ccccc4C(c4ccccc42)[C@H]2C(=O)N(c4ccccc4[N+](=O)[O-])C(=O)[C@H]23)OCCO1. The Morgan fingerprint density at radius 2 is 1.60 bits per heavy atom. The molecule has 1 N–H and O–H groups in total. The van der Waals surface area contributed by atoms with Gasteiger partial charge in [-0.3, -0.25) is 24.5 Å². The molecule has 3 aromatic rings. The van der Waals surface area contributed by atoms with Gasteiger partial charge in [-0.05, 0) is 35.2 Å². The number of nitro benzene ring substituents is 1. The number of carbonyl (C=O) groups is 3. The fraction of sp³-hybridized carbons (Fsp3) is 0.290. The Kier molecular flexibility index (Phi) is 5.86. The number of anilines is 1. The van der Waals surface area contributed by atoms with Crippen LogP contribution < -0.4 is 10.3 Å². The molecule has 11 heteroatoms. The van der Waals surface area contributed by atoms with E-state index in [1.54, 1.807) is 19.2 Å². The molecule has 2 atom stereocenters. The van der Waals surface area contributed by atoms with Gasteiger partial charge in [0.1, 0.15) is 5.69 Å². The third-order valence-electron chi connectivity index (χ3n) is 8.84. The minimum atomic E-state index is -1.23. The zero-order chi connectivity index (χ0) is 29.2. The molecule has 2 aliphatic heterocycles. The molecule has 2 saturated heterocycles. The van der Waals surface area contributed by atoms with Crippen molar-refractivity contribution >= 4 is 35.3 Å². The number of nitrogens with one attached hydrogen (secondary N) is 1. The third kappa shape index (κ3) is 3.60. The summed E-state index contributed by atoms with van der Waals surface area (Å²) in [7, 11) is 0. The first kappa shape index (κ1) is 26.2. The maximum absolute atomic E-state index is 14.4. The van der Waals surface area contributed by atoms with Crippen LogP contribution in [0, 0.1) is 22.0 Å². The molecule has 2 heterocycles. The number of amides is 3. The van der Waals surface area contributed by atoms with E-state index < -0.39 is 51.6 Å². The van der Waals surface area contributed by atoms with Crippen LogP contribution >= 0.6 is 0 Å². The van der Waals surface area contributed by atoms with Crippen molar-refractivity contribution in [1.29, 1.82) is 0 Å². The van der Waals surface area contributed by atoms with Crippen LogP contribution in [-0.2, 0) is 29.3 Å². The maximum Gasteiger partial charge on any atom is 0.293 e. The van der Waals surface area contributed by atoms with Gasteiger partial charge in [0.05, 0.1) is 41.8 Å². The highest BCUT2D eigenvalue weighted by molar-refractivity contribution is 6.25. The zero-order valence-corrected chi connectivity index (χ0v) is 22.6. The molecule has 0 unspecified atom stereocenters. The molecule has 42 heavy (non-hydrogen) atoms. The van der Waals surface area contributed by atoms with E-state index in [0.29, 0.717) is 13.2 Å². The van der Waals surface area contributed by atoms with E-state index in [9.17, 15) is 24.5 Å². The molecule has 11 nitrogen and oxygen atoms in total. The Morgan fingerprint density at radius 3 is 2.24 bits per heavy atom. The number of rotatable bonds is 6. The average molecular weight is 567 g/mol. The van der Waals surface area contributed by atoms with Crippen molar-refractivity contribution in [2.24, 2.45) is 16.9 Å². The molecule has 8 rings (SSSR count). The van der Waals surface area contributed by atoms with E-state index >= 15 is 0 Å². The molecule has 3 aromatic carbocycles. The van der Waals surface area contributed by atoms with Crippen LogP contribution in [0.2, 0.25) is 0 Å². The summed E-state index contributed by atoms with van der Waals surface area (Å²) in [5.41, 5.74) is 4.29. The number of benzene rings is 3. The topological polar surface area (TPSA) is 140 Å². The highest BCUT2D eigenvalue weighted by Crippen LogP contribution is 2.63. The molecule has 0 aromatic heterocycles. The Morgan fingerprint density at radius 1 is 1.00 bits per heavy atom. The molecule has 3 amide bonds. The van der Waals surface area contributed by atoms with Crippen LogP contribution in [0.3, 0.4) is 0 Å². The van der Waals surface area contributed by atoms with Crippen molar-refractivity contribution in [3.63, 3.8) is 0 Å². The number of nitro groups is 1. The lowest BCUT2D eigenvalue weighted by atomic mass is 9.47. The van der Waals surface area contributed by atoms with Crippen molar-refractivity contribution in [1.82, 2.24) is 5.43 Å². The minimum Gasteiger partial charge on any atom is -0.347 e. The molecule has 0 saturated carbocycles. The van der Waals surface area contributed by atoms with Crippen LogP contribution in [0.5, 0.6) is 0 Å². The van der Waals surface area contributed by atoms with Gasteiger partial charge in [-0.25, -0.2) is 10.3 Å². The average Bonchev–Trinajstić information content (AvgIpc) is 3.53. The highest BCUT2D eigenvalue weighted by atomic mass is 16.7. The molecule has 2 bridgehead atoms.